The number of pyridine rings is 1. The maximum absolute atomic E-state index is 13.6. The molecule has 0 aromatic carbocycles. The average Bonchev–Trinajstić information content (AvgIpc) is 2.41. The van der Waals surface area contributed by atoms with E-state index in [1.165, 1.54) is 0 Å². The van der Waals surface area contributed by atoms with Gasteiger partial charge >= 0.3 is 0 Å². The fraction of sp³-hybridized carbons (Fsp3) is 0.308. The van der Waals surface area contributed by atoms with E-state index in [2.05, 4.69) is 25.6 Å². The highest BCUT2D eigenvalue weighted by atomic mass is 19.1. The van der Waals surface area contributed by atoms with Gasteiger partial charge in [0.2, 0.25) is 0 Å². The first-order valence-electron chi connectivity index (χ1n) is 6.22. The van der Waals surface area contributed by atoms with Crippen LogP contribution in [0, 0.1) is 18.6 Å². The average molecular weight is 279 g/mol. The molecule has 0 aliphatic rings. The first-order valence-corrected chi connectivity index (χ1v) is 6.22. The van der Waals surface area contributed by atoms with Crippen molar-refractivity contribution in [2.24, 2.45) is 0 Å². The number of nitrogens with one attached hydrogen (secondary N) is 2. The van der Waals surface area contributed by atoms with Crippen molar-refractivity contribution in [1.29, 1.82) is 0 Å². The third-order valence-corrected chi connectivity index (χ3v) is 2.54. The van der Waals surface area contributed by atoms with Crippen molar-refractivity contribution >= 4 is 11.6 Å². The molecule has 0 spiro atoms. The molecule has 5 nitrogen and oxygen atoms in total. The summed E-state index contributed by atoms with van der Waals surface area (Å²) in [5.74, 6) is -0.818. The maximum atomic E-state index is 13.6. The Morgan fingerprint density at radius 3 is 2.45 bits per heavy atom. The number of halogens is 2. The molecule has 2 rings (SSSR count). The fourth-order valence-corrected chi connectivity index (χ4v) is 1.66. The standard InChI is InChI=1S/C13H15F2N5/c1-3-16-12-10(14)6-11(15)13(20-12)18-7-9-4-5-17-8(2)19-9/h4-6H,3,7H2,1-2H3,(H2,16,18,20). The highest BCUT2D eigenvalue weighted by Gasteiger charge is 2.11. The van der Waals surface area contributed by atoms with Gasteiger partial charge in [-0.3, -0.25) is 0 Å². The zero-order valence-electron chi connectivity index (χ0n) is 11.2. The summed E-state index contributed by atoms with van der Waals surface area (Å²) in [5.41, 5.74) is 0.702. The molecule has 0 atom stereocenters. The molecule has 0 aliphatic heterocycles. The quantitative estimate of drug-likeness (QED) is 0.880. The van der Waals surface area contributed by atoms with Crippen LogP contribution in [0.5, 0.6) is 0 Å². The number of hydrogen-bond donors (Lipinski definition) is 2. The lowest BCUT2D eigenvalue weighted by Gasteiger charge is -2.10. The van der Waals surface area contributed by atoms with Crippen molar-refractivity contribution in [2.45, 2.75) is 20.4 Å². The van der Waals surface area contributed by atoms with Crippen molar-refractivity contribution in [2.75, 3.05) is 17.2 Å². The maximum Gasteiger partial charge on any atom is 0.168 e. The van der Waals surface area contributed by atoms with Crippen LogP contribution in [-0.4, -0.2) is 21.5 Å². The van der Waals surface area contributed by atoms with E-state index in [4.69, 9.17) is 0 Å². The number of nitrogens with zero attached hydrogens (tertiary/aromatic N) is 3. The molecule has 0 amide bonds. The summed E-state index contributed by atoms with van der Waals surface area (Å²) in [6.45, 7) is 4.36. The molecule has 2 aromatic rings. The smallest absolute Gasteiger partial charge is 0.168 e. The van der Waals surface area contributed by atoms with Crippen LogP contribution in [0.1, 0.15) is 18.4 Å². The Balaban J connectivity index is 2.14. The van der Waals surface area contributed by atoms with Crippen LogP contribution in [-0.2, 0) is 6.54 Å². The van der Waals surface area contributed by atoms with Gasteiger partial charge in [-0.15, -0.1) is 0 Å². The third kappa shape index (κ3) is 3.37. The molecular formula is C13H15F2N5. The third-order valence-electron chi connectivity index (χ3n) is 2.54. The lowest BCUT2D eigenvalue weighted by molar-refractivity contribution is 0.578. The molecule has 2 N–H and O–H groups in total. The number of rotatable bonds is 5. The van der Waals surface area contributed by atoms with Gasteiger partial charge < -0.3 is 10.6 Å². The lowest BCUT2D eigenvalue weighted by atomic mass is 10.3. The van der Waals surface area contributed by atoms with Crippen molar-refractivity contribution < 1.29 is 8.78 Å². The lowest BCUT2D eigenvalue weighted by Crippen LogP contribution is -2.09. The highest BCUT2D eigenvalue weighted by molar-refractivity contribution is 5.47. The topological polar surface area (TPSA) is 62.7 Å². The highest BCUT2D eigenvalue weighted by Crippen LogP contribution is 2.19. The van der Waals surface area contributed by atoms with E-state index < -0.39 is 11.6 Å². The second-order valence-electron chi connectivity index (χ2n) is 4.13. The van der Waals surface area contributed by atoms with Crippen LogP contribution >= 0.6 is 0 Å². The van der Waals surface area contributed by atoms with E-state index in [0.29, 0.717) is 18.1 Å². The molecule has 0 unspecified atom stereocenters. The Morgan fingerprint density at radius 1 is 1.10 bits per heavy atom. The van der Waals surface area contributed by atoms with E-state index in [0.717, 1.165) is 6.07 Å². The van der Waals surface area contributed by atoms with Gasteiger partial charge in [-0.2, -0.15) is 0 Å². The van der Waals surface area contributed by atoms with Gasteiger partial charge in [0, 0.05) is 18.8 Å². The summed E-state index contributed by atoms with van der Waals surface area (Å²) in [6, 6.07) is 2.52. The van der Waals surface area contributed by atoms with Crippen LogP contribution in [0.25, 0.3) is 0 Å². The van der Waals surface area contributed by atoms with Crippen molar-refractivity contribution in [1.82, 2.24) is 15.0 Å². The number of aryl methyl sites for hydroxylation is 1. The minimum atomic E-state index is -0.741. The van der Waals surface area contributed by atoms with E-state index in [1.54, 1.807) is 26.1 Å². The number of hydrogen-bond acceptors (Lipinski definition) is 5. The Hall–Kier alpha value is -2.31. The van der Waals surface area contributed by atoms with Crippen LogP contribution in [0.15, 0.2) is 18.3 Å². The zero-order valence-corrected chi connectivity index (χ0v) is 11.2. The molecule has 0 radical (unpaired) electrons. The normalized spacial score (nSPS) is 10.4. The van der Waals surface area contributed by atoms with Crippen molar-refractivity contribution in [3.63, 3.8) is 0 Å². The van der Waals surface area contributed by atoms with Crippen LogP contribution < -0.4 is 10.6 Å². The number of anilines is 2. The van der Waals surface area contributed by atoms with Crippen LogP contribution in [0.2, 0.25) is 0 Å². The second kappa shape index (κ2) is 6.23. The molecule has 7 heteroatoms. The summed E-state index contributed by atoms with van der Waals surface area (Å²) < 4.78 is 27.0. The molecule has 2 aromatic heterocycles. The van der Waals surface area contributed by atoms with Crippen molar-refractivity contribution in [3.05, 3.63) is 41.5 Å². The number of aromatic nitrogens is 3. The summed E-state index contributed by atoms with van der Waals surface area (Å²) in [4.78, 5) is 12.0. The predicted molar refractivity (Wildman–Crippen MR) is 72.4 cm³/mol. The first kappa shape index (κ1) is 14.1. The molecule has 0 saturated heterocycles. The monoisotopic (exact) mass is 279 g/mol. The zero-order chi connectivity index (χ0) is 14.5. The largest absolute Gasteiger partial charge is 0.368 e. The van der Waals surface area contributed by atoms with Gasteiger partial charge in [0.25, 0.3) is 0 Å². The van der Waals surface area contributed by atoms with E-state index in [-0.39, 0.29) is 18.2 Å². The Kier molecular flexibility index (Phi) is 4.39. The molecule has 0 fully saturated rings. The molecule has 106 valence electrons. The minimum absolute atomic E-state index is 0.0152. The molecule has 0 saturated carbocycles. The van der Waals surface area contributed by atoms with Crippen LogP contribution in [0.4, 0.5) is 20.4 Å². The summed E-state index contributed by atoms with van der Waals surface area (Å²) in [5, 5.41) is 5.53. The Morgan fingerprint density at radius 2 is 1.80 bits per heavy atom. The van der Waals surface area contributed by atoms with Gasteiger partial charge in [0.15, 0.2) is 23.3 Å². The van der Waals surface area contributed by atoms with Gasteiger partial charge in [0.05, 0.1) is 12.2 Å². The van der Waals surface area contributed by atoms with Crippen LogP contribution in [0.3, 0.4) is 0 Å². The van der Waals surface area contributed by atoms with Gasteiger partial charge in [-0.1, -0.05) is 0 Å². The molecular weight excluding hydrogens is 264 g/mol. The molecule has 0 bridgehead atoms. The Labute approximate surface area is 115 Å². The fourth-order valence-electron chi connectivity index (χ4n) is 1.66. The van der Waals surface area contributed by atoms with Gasteiger partial charge in [-0.05, 0) is 19.9 Å². The summed E-state index contributed by atoms with van der Waals surface area (Å²) in [7, 11) is 0. The summed E-state index contributed by atoms with van der Waals surface area (Å²) >= 11 is 0. The van der Waals surface area contributed by atoms with E-state index in [9.17, 15) is 8.78 Å². The SMILES string of the molecule is CCNc1nc(NCc2ccnc(C)n2)c(F)cc1F. The molecule has 2 heterocycles. The molecule has 20 heavy (non-hydrogen) atoms. The van der Waals surface area contributed by atoms with E-state index >= 15 is 0 Å². The second-order valence-corrected chi connectivity index (χ2v) is 4.13. The van der Waals surface area contributed by atoms with Gasteiger partial charge in [-0.25, -0.2) is 23.7 Å². The molecule has 0 aliphatic carbocycles. The Bertz CT molecular complexity index is 603. The predicted octanol–water partition coefficient (Wildman–Crippen LogP) is 2.50. The minimum Gasteiger partial charge on any atom is -0.368 e. The first-order chi connectivity index (χ1) is 9.60. The van der Waals surface area contributed by atoms with Crippen molar-refractivity contribution in [3.8, 4) is 0 Å². The summed E-state index contributed by atoms with van der Waals surface area (Å²) in [6.07, 6.45) is 1.62. The van der Waals surface area contributed by atoms with E-state index in [1.807, 2.05) is 0 Å². The van der Waals surface area contributed by atoms with Gasteiger partial charge in [0.1, 0.15) is 5.82 Å².